The molecule has 1 atom stereocenters. The maximum absolute atomic E-state index is 4.31. The quantitative estimate of drug-likeness (QED) is 0.769. The molecule has 0 bridgehead atoms. The largest absolute Gasteiger partial charge is 0.354 e. The van der Waals surface area contributed by atoms with Crippen LogP contribution in [0.4, 0.5) is 5.95 Å². The van der Waals surface area contributed by atoms with Crippen LogP contribution in [0.1, 0.15) is 25.1 Å². The van der Waals surface area contributed by atoms with Crippen LogP contribution in [0.5, 0.6) is 0 Å². The van der Waals surface area contributed by atoms with E-state index in [1.807, 2.05) is 0 Å². The molecule has 16 heavy (non-hydrogen) atoms. The summed E-state index contributed by atoms with van der Waals surface area (Å²) in [6.45, 7) is 4.42. The number of hydrogen-bond donors (Lipinski definition) is 2. The molecular formula is C11H19N5. The number of piperidine rings is 1. The fourth-order valence-corrected chi connectivity index (χ4v) is 2.65. The number of nitrogens with one attached hydrogen (secondary N) is 2. The van der Waals surface area contributed by atoms with Gasteiger partial charge in [0.25, 0.3) is 0 Å². The third kappa shape index (κ3) is 1.91. The summed E-state index contributed by atoms with van der Waals surface area (Å²) in [5.74, 6) is 2.87. The topological polar surface area (TPSA) is 54.8 Å². The highest BCUT2D eigenvalue weighted by molar-refractivity contribution is 5.27. The van der Waals surface area contributed by atoms with E-state index in [1.54, 1.807) is 0 Å². The lowest BCUT2D eigenvalue weighted by molar-refractivity contribution is 0.365. The first kappa shape index (κ1) is 10.1. The van der Waals surface area contributed by atoms with Gasteiger partial charge in [-0.1, -0.05) is 0 Å². The number of fused-ring (bicyclic) bond motifs is 1. The highest BCUT2D eigenvalue weighted by Crippen LogP contribution is 2.19. The minimum Gasteiger partial charge on any atom is -0.354 e. The highest BCUT2D eigenvalue weighted by Gasteiger charge is 2.20. The molecule has 0 saturated carbocycles. The van der Waals surface area contributed by atoms with Crippen molar-refractivity contribution >= 4 is 5.95 Å². The van der Waals surface area contributed by atoms with Gasteiger partial charge in [0.1, 0.15) is 5.82 Å². The van der Waals surface area contributed by atoms with E-state index in [2.05, 4.69) is 25.4 Å². The van der Waals surface area contributed by atoms with Crippen LogP contribution in [0.25, 0.3) is 0 Å². The van der Waals surface area contributed by atoms with Crippen LogP contribution >= 0.6 is 0 Å². The Morgan fingerprint density at radius 2 is 2.25 bits per heavy atom. The van der Waals surface area contributed by atoms with Crippen LogP contribution < -0.4 is 10.6 Å². The smallest absolute Gasteiger partial charge is 0.224 e. The number of aromatic nitrogens is 3. The molecule has 1 unspecified atom stereocenters. The summed E-state index contributed by atoms with van der Waals surface area (Å²) >= 11 is 0. The molecule has 88 valence electrons. The Bertz CT molecular complexity index is 353. The van der Waals surface area contributed by atoms with Crippen molar-refractivity contribution in [2.75, 3.05) is 25.0 Å². The van der Waals surface area contributed by atoms with Crippen molar-refractivity contribution in [3.63, 3.8) is 0 Å². The predicted octanol–water partition coefficient (Wildman–Crippen LogP) is 0.636. The van der Waals surface area contributed by atoms with Gasteiger partial charge in [-0.05, 0) is 38.3 Å². The molecule has 3 rings (SSSR count). The van der Waals surface area contributed by atoms with Crippen LogP contribution in [0.15, 0.2) is 0 Å². The Hall–Kier alpha value is -1.10. The zero-order chi connectivity index (χ0) is 10.8. The monoisotopic (exact) mass is 221 g/mol. The summed E-state index contributed by atoms with van der Waals surface area (Å²) < 4.78 is 2.25. The van der Waals surface area contributed by atoms with Crippen molar-refractivity contribution in [3.05, 3.63) is 5.82 Å². The highest BCUT2D eigenvalue weighted by atomic mass is 15.4. The number of rotatable bonds is 2. The lowest BCUT2D eigenvalue weighted by atomic mass is 9.96. The Morgan fingerprint density at radius 3 is 3.12 bits per heavy atom. The minimum absolute atomic E-state index is 0.740. The molecule has 0 aromatic carbocycles. The summed E-state index contributed by atoms with van der Waals surface area (Å²) in [6, 6.07) is 0. The first-order valence-electron chi connectivity index (χ1n) is 6.30. The minimum atomic E-state index is 0.740. The second kappa shape index (κ2) is 4.41. The van der Waals surface area contributed by atoms with E-state index in [0.717, 1.165) is 43.7 Å². The molecule has 2 aliphatic heterocycles. The summed E-state index contributed by atoms with van der Waals surface area (Å²) in [4.78, 5) is 0. The molecule has 2 aliphatic rings. The second-order valence-electron chi connectivity index (χ2n) is 4.79. The molecule has 0 spiro atoms. The van der Waals surface area contributed by atoms with Gasteiger partial charge in [0.15, 0.2) is 0 Å². The number of hydrogen-bond acceptors (Lipinski definition) is 4. The second-order valence-corrected chi connectivity index (χ2v) is 4.79. The van der Waals surface area contributed by atoms with Crippen molar-refractivity contribution in [2.45, 2.75) is 32.2 Å². The Morgan fingerprint density at radius 1 is 1.25 bits per heavy atom. The summed E-state index contributed by atoms with van der Waals surface area (Å²) in [7, 11) is 0. The van der Waals surface area contributed by atoms with Crippen LogP contribution in [0, 0.1) is 5.92 Å². The third-order valence-corrected chi connectivity index (χ3v) is 3.54. The van der Waals surface area contributed by atoms with Gasteiger partial charge in [-0.15, -0.1) is 10.2 Å². The zero-order valence-corrected chi connectivity index (χ0v) is 9.58. The van der Waals surface area contributed by atoms with Crippen LogP contribution in [-0.4, -0.2) is 34.4 Å². The van der Waals surface area contributed by atoms with Crippen LogP contribution in [0.2, 0.25) is 0 Å². The molecule has 0 amide bonds. The first-order valence-corrected chi connectivity index (χ1v) is 6.30. The first-order chi connectivity index (χ1) is 7.93. The van der Waals surface area contributed by atoms with E-state index in [1.165, 1.54) is 25.8 Å². The van der Waals surface area contributed by atoms with Crippen LogP contribution in [0.3, 0.4) is 0 Å². The van der Waals surface area contributed by atoms with Crippen LogP contribution in [-0.2, 0) is 13.0 Å². The van der Waals surface area contributed by atoms with E-state index in [4.69, 9.17) is 0 Å². The molecule has 1 saturated heterocycles. The maximum Gasteiger partial charge on any atom is 0.224 e. The summed E-state index contributed by atoms with van der Waals surface area (Å²) in [5, 5.41) is 15.3. The zero-order valence-electron chi connectivity index (χ0n) is 9.58. The number of anilines is 1. The van der Waals surface area contributed by atoms with E-state index < -0.39 is 0 Å². The fraction of sp³-hybridized carbons (Fsp3) is 0.818. The standard InChI is InChI=1S/C11H19N5/c1-3-9(8-12-4-1)7-10-14-15-11-13-5-2-6-16(10)11/h9,12H,1-8H2,(H,13,15). The normalized spacial score (nSPS) is 24.9. The van der Waals surface area contributed by atoms with E-state index in [-0.39, 0.29) is 0 Å². The molecular weight excluding hydrogens is 202 g/mol. The van der Waals surface area contributed by atoms with Crippen molar-refractivity contribution in [1.82, 2.24) is 20.1 Å². The number of nitrogens with zero attached hydrogens (tertiary/aromatic N) is 3. The van der Waals surface area contributed by atoms with Gasteiger partial charge in [0.05, 0.1) is 0 Å². The van der Waals surface area contributed by atoms with Crippen molar-refractivity contribution in [3.8, 4) is 0 Å². The van der Waals surface area contributed by atoms with Crippen molar-refractivity contribution in [2.24, 2.45) is 5.92 Å². The lowest BCUT2D eigenvalue weighted by Gasteiger charge is -2.23. The molecule has 0 radical (unpaired) electrons. The SMILES string of the molecule is C1CNCC(Cc2nnc3n2CCCN3)C1. The lowest BCUT2D eigenvalue weighted by Crippen LogP contribution is -2.31. The van der Waals surface area contributed by atoms with Gasteiger partial charge in [0, 0.05) is 19.5 Å². The van der Waals surface area contributed by atoms with E-state index >= 15 is 0 Å². The maximum atomic E-state index is 4.31. The fourth-order valence-electron chi connectivity index (χ4n) is 2.65. The Labute approximate surface area is 95.6 Å². The molecule has 1 aromatic heterocycles. The summed E-state index contributed by atoms with van der Waals surface area (Å²) in [6.07, 6.45) is 4.87. The molecule has 2 N–H and O–H groups in total. The van der Waals surface area contributed by atoms with E-state index in [0.29, 0.717) is 0 Å². The van der Waals surface area contributed by atoms with Crippen molar-refractivity contribution in [1.29, 1.82) is 0 Å². The van der Waals surface area contributed by atoms with Gasteiger partial charge >= 0.3 is 0 Å². The molecule has 1 aromatic rings. The van der Waals surface area contributed by atoms with Gasteiger partial charge in [-0.2, -0.15) is 0 Å². The van der Waals surface area contributed by atoms with E-state index in [9.17, 15) is 0 Å². The Balaban J connectivity index is 1.71. The van der Waals surface area contributed by atoms with Crippen molar-refractivity contribution < 1.29 is 0 Å². The molecule has 3 heterocycles. The van der Waals surface area contributed by atoms with Gasteiger partial charge in [-0.3, -0.25) is 4.57 Å². The predicted molar refractivity (Wildman–Crippen MR) is 62.4 cm³/mol. The third-order valence-electron chi connectivity index (χ3n) is 3.54. The average Bonchev–Trinajstić information content (AvgIpc) is 2.74. The average molecular weight is 221 g/mol. The molecule has 1 fully saturated rings. The summed E-state index contributed by atoms with van der Waals surface area (Å²) in [5.41, 5.74) is 0. The molecule has 5 heteroatoms. The molecule has 5 nitrogen and oxygen atoms in total. The van der Waals surface area contributed by atoms with Gasteiger partial charge < -0.3 is 10.6 Å². The Kier molecular flexibility index (Phi) is 2.78. The molecule has 0 aliphatic carbocycles. The van der Waals surface area contributed by atoms with Gasteiger partial charge in [-0.25, -0.2) is 0 Å². The van der Waals surface area contributed by atoms with Gasteiger partial charge in [0.2, 0.25) is 5.95 Å².